The number of carbonyl (C=O) groups is 1. The van der Waals surface area contributed by atoms with Gasteiger partial charge in [0.05, 0.1) is 23.0 Å². The maximum Gasteiger partial charge on any atom is 0.515 e. The second-order valence-corrected chi connectivity index (χ2v) is 8.85. The van der Waals surface area contributed by atoms with Crippen molar-refractivity contribution in [1.29, 1.82) is 5.41 Å². The van der Waals surface area contributed by atoms with Gasteiger partial charge in [0, 0.05) is 13.1 Å². The van der Waals surface area contributed by atoms with E-state index >= 15 is 0 Å². The van der Waals surface area contributed by atoms with E-state index in [-0.39, 0.29) is 17.3 Å². The number of hydrazone groups is 1. The van der Waals surface area contributed by atoms with Crippen LogP contribution >= 0.6 is 0 Å². The third-order valence-electron chi connectivity index (χ3n) is 4.73. The van der Waals surface area contributed by atoms with Crippen molar-refractivity contribution in [1.82, 2.24) is 4.90 Å². The molecule has 2 rings (SSSR count). The van der Waals surface area contributed by atoms with E-state index in [1.807, 2.05) is 48.5 Å². The van der Waals surface area contributed by atoms with Crippen molar-refractivity contribution in [2.75, 3.05) is 13.1 Å². The molecule has 2 fully saturated rings. The van der Waals surface area contributed by atoms with Crippen molar-refractivity contribution in [2.24, 2.45) is 10.9 Å². The zero-order chi connectivity index (χ0) is 20.9. The highest BCUT2D eigenvalue weighted by Gasteiger charge is 2.52. The average Bonchev–Trinajstić information content (AvgIpc) is 2.76. The van der Waals surface area contributed by atoms with Crippen LogP contribution in [0.25, 0.3) is 0 Å². The van der Waals surface area contributed by atoms with Crippen LogP contribution in [0, 0.1) is 5.41 Å². The summed E-state index contributed by atoms with van der Waals surface area (Å²) in [7, 11) is -0.674. The highest BCUT2D eigenvalue weighted by atomic mass is 16.7. The lowest BCUT2D eigenvalue weighted by Gasteiger charge is -2.32. The fourth-order valence-electron chi connectivity index (χ4n) is 2.51. The summed E-state index contributed by atoms with van der Waals surface area (Å²) in [6, 6.07) is 0. The zero-order valence-corrected chi connectivity index (χ0v) is 17.8. The zero-order valence-electron chi connectivity index (χ0n) is 17.8. The maximum absolute atomic E-state index is 11.5. The number of amides is 1. The summed E-state index contributed by atoms with van der Waals surface area (Å²) in [6.45, 7) is 15.1. The molecule has 2 aliphatic rings. The number of hydrogen-bond acceptors (Lipinski definition) is 7. The first kappa shape index (κ1) is 23.4. The van der Waals surface area contributed by atoms with Gasteiger partial charge in [-0.15, -0.1) is 0 Å². The summed E-state index contributed by atoms with van der Waals surface area (Å²) >= 11 is 0. The Hall–Kier alpha value is -1.61. The van der Waals surface area contributed by atoms with Crippen LogP contribution in [-0.2, 0) is 14.0 Å². The van der Waals surface area contributed by atoms with Crippen LogP contribution in [0.1, 0.15) is 67.7 Å². The largest absolute Gasteiger partial charge is 0.515 e. The minimum absolute atomic E-state index is 0.131. The summed E-state index contributed by atoms with van der Waals surface area (Å²) in [6.07, 6.45) is 4.52. The van der Waals surface area contributed by atoms with Crippen molar-refractivity contribution in [3.05, 3.63) is 0 Å². The number of hydrogen-bond donors (Lipinski definition) is 2. The lowest BCUT2D eigenvalue weighted by Crippen LogP contribution is -2.41. The number of ether oxygens (including phenoxy) is 1. The smallest absolute Gasteiger partial charge is 0.444 e. The molecule has 2 aliphatic heterocycles. The highest BCUT2D eigenvalue weighted by Crippen LogP contribution is 2.36. The Kier molecular flexibility index (Phi) is 7.86. The predicted molar refractivity (Wildman–Crippen MR) is 108 cm³/mol. The fourth-order valence-corrected chi connectivity index (χ4v) is 2.51. The molecule has 0 aromatic heterocycles. The molecular formula is C18H35BN4O4. The molecule has 0 aromatic carbocycles. The van der Waals surface area contributed by atoms with E-state index in [2.05, 4.69) is 5.10 Å². The number of nitrogens with one attached hydrogen (secondary N) is 1. The van der Waals surface area contributed by atoms with E-state index in [0.717, 1.165) is 25.9 Å². The molecule has 0 aliphatic carbocycles. The van der Waals surface area contributed by atoms with Crippen LogP contribution in [0.5, 0.6) is 0 Å². The predicted octanol–water partition coefficient (Wildman–Crippen LogP) is 2.99. The minimum atomic E-state index is -0.674. The van der Waals surface area contributed by atoms with Crippen molar-refractivity contribution >= 4 is 25.0 Å². The Balaban J connectivity index is 0.000000271. The van der Waals surface area contributed by atoms with Crippen molar-refractivity contribution in [2.45, 2.75) is 84.5 Å². The normalized spacial score (nSPS) is 21.6. The first-order chi connectivity index (χ1) is 12.3. The Labute approximate surface area is 163 Å². The van der Waals surface area contributed by atoms with E-state index < -0.39 is 18.3 Å². The van der Waals surface area contributed by atoms with Crippen molar-refractivity contribution in [3.8, 4) is 0 Å². The van der Waals surface area contributed by atoms with E-state index in [4.69, 9.17) is 25.3 Å². The number of nitrogens with zero attached hydrogens (tertiary/aromatic N) is 2. The molecule has 0 aromatic rings. The third kappa shape index (κ3) is 7.14. The maximum atomic E-state index is 11.5. The van der Waals surface area contributed by atoms with Crippen LogP contribution in [0.3, 0.4) is 0 Å². The SMILES string of the molecule is CC(C)(C)OC(=O)N1CCCCC1.CC1(C)OB(C(=N)/C=N\N)OC1(C)C. The topological polar surface area (TPSA) is 110 Å². The lowest BCUT2D eigenvalue weighted by atomic mass is 9.83. The molecule has 154 valence electrons. The molecule has 2 saturated heterocycles. The number of nitrogens with two attached hydrogens (primary N) is 1. The van der Waals surface area contributed by atoms with E-state index in [0.29, 0.717) is 0 Å². The first-order valence-electron chi connectivity index (χ1n) is 9.44. The number of piperidine rings is 1. The third-order valence-corrected chi connectivity index (χ3v) is 4.73. The molecule has 0 saturated carbocycles. The lowest BCUT2D eigenvalue weighted by molar-refractivity contribution is 0.00578. The highest BCUT2D eigenvalue weighted by molar-refractivity contribution is 6.92. The molecular weight excluding hydrogens is 347 g/mol. The number of carbonyl (C=O) groups excluding carboxylic acids is 1. The Morgan fingerprint density at radius 1 is 1.15 bits per heavy atom. The summed E-state index contributed by atoms with van der Waals surface area (Å²) in [5.41, 5.74) is -1.08. The molecule has 2 heterocycles. The van der Waals surface area contributed by atoms with Crippen LogP contribution in [0.15, 0.2) is 5.10 Å². The molecule has 0 atom stereocenters. The van der Waals surface area contributed by atoms with Gasteiger partial charge in [-0.25, -0.2) is 4.79 Å². The molecule has 0 radical (unpaired) electrons. The summed E-state index contributed by atoms with van der Waals surface area (Å²) in [4.78, 5) is 13.3. The Morgan fingerprint density at radius 2 is 1.63 bits per heavy atom. The molecule has 0 spiro atoms. The van der Waals surface area contributed by atoms with Gasteiger partial charge in [-0.3, -0.25) is 0 Å². The van der Waals surface area contributed by atoms with Gasteiger partial charge in [-0.2, -0.15) is 5.10 Å². The van der Waals surface area contributed by atoms with Crippen LogP contribution in [-0.4, -0.2) is 59.8 Å². The minimum Gasteiger partial charge on any atom is -0.444 e. The van der Waals surface area contributed by atoms with Crippen LogP contribution in [0.4, 0.5) is 4.79 Å². The van der Waals surface area contributed by atoms with Gasteiger partial charge in [0.15, 0.2) is 0 Å². The Bertz CT molecular complexity index is 536. The molecule has 0 unspecified atom stereocenters. The van der Waals surface area contributed by atoms with Gasteiger partial charge in [0.25, 0.3) is 0 Å². The van der Waals surface area contributed by atoms with Gasteiger partial charge in [-0.1, -0.05) is 0 Å². The van der Waals surface area contributed by atoms with Crippen LogP contribution < -0.4 is 5.84 Å². The first-order valence-corrected chi connectivity index (χ1v) is 9.44. The summed E-state index contributed by atoms with van der Waals surface area (Å²) < 4.78 is 16.4. The average molecular weight is 382 g/mol. The molecule has 27 heavy (non-hydrogen) atoms. The van der Waals surface area contributed by atoms with Crippen molar-refractivity contribution in [3.63, 3.8) is 0 Å². The quantitative estimate of drug-likeness (QED) is 0.330. The van der Waals surface area contributed by atoms with E-state index in [1.165, 1.54) is 12.6 Å². The van der Waals surface area contributed by atoms with Gasteiger partial charge >= 0.3 is 13.2 Å². The monoisotopic (exact) mass is 382 g/mol. The van der Waals surface area contributed by atoms with Gasteiger partial charge in [0.2, 0.25) is 0 Å². The van der Waals surface area contributed by atoms with Crippen LogP contribution in [0.2, 0.25) is 0 Å². The van der Waals surface area contributed by atoms with E-state index in [1.54, 1.807) is 4.90 Å². The molecule has 8 nitrogen and oxygen atoms in total. The fraction of sp³-hybridized carbons (Fsp3) is 0.833. The molecule has 0 bridgehead atoms. The Morgan fingerprint density at radius 3 is 2.04 bits per heavy atom. The summed E-state index contributed by atoms with van der Waals surface area (Å²) in [5.74, 6) is 4.95. The molecule has 9 heteroatoms. The standard InChI is InChI=1S/C10H19NO2.C8H16BN3O2/c1-10(2,3)13-9(12)11-7-5-4-6-8-11;1-7(2)8(3,4)14-9(13-7)6(10)5-12-11/h4-8H2,1-3H3;5,10H,11H2,1-4H3/b;10-6?,12-5-. The second-order valence-electron chi connectivity index (χ2n) is 8.85. The molecule has 3 N–H and O–H groups in total. The van der Waals surface area contributed by atoms with Crippen molar-refractivity contribution < 1.29 is 18.8 Å². The second kappa shape index (κ2) is 9.06. The van der Waals surface area contributed by atoms with Gasteiger partial charge in [-0.05, 0) is 67.7 Å². The van der Waals surface area contributed by atoms with E-state index in [9.17, 15) is 4.79 Å². The number of likely N-dealkylation sites (tertiary alicyclic amines) is 1. The number of rotatable bonds is 2. The molecule has 1 amide bonds. The van der Waals surface area contributed by atoms with Gasteiger partial charge < -0.3 is 30.2 Å². The summed E-state index contributed by atoms with van der Waals surface area (Å²) in [5, 5.41) is 10.8. The van der Waals surface area contributed by atoms with Gasteiger partial charge in [0.1, 0.15) is 5.60 Å².